The first-order valence-corrected chi connectivity index (χ1v) is 27.1. The van der Waals surface area contributed by atoms with Crippen molar-refractivity contribution in [1.29, 1.82) is 0 Å². The number of piperidine rings is 2. The number of fused-ring (bicyclic) bond motifs is 4. The van der Waals surface area contributed by atoms with Gasteiger partial charge in [-0.3, -0.25) is 27.5 Å². The van der Waals surface area contributed by atoms with Gasteiger partial charge < -0.3 is 25.9 Å². The van der Waals surface area contributed by atoms with E-state index in [9.17, 15) is 9.59 Å². The van der Waals surface area contributed by atoms with Crippen molar-refractivity contribution in [3.63, 3.8) is 0 Å². The molecule has 10 aromatic rings. The Balaban J connectivity index is 0.000000162. The second-order valence-electron chi connectivity index (χ2n) is 17.8. The quantitative estimate of drug-likeness (QED) is 0.127. The summed E-state index contributed by atoms with van der Waals surface area (Å²) in [5.74, 6) is 1.71. The molecule has 2 aliphatic heterocycles. The van der Waals surface area contributed by atoms with Gasteiger partial charge in [0.25, 0.3) is 11.1 Å². The number of aryl methyl sites for hydroxylation is 2. The number of nitrogens with one attached hydrogen (secondary N) is 2. The number of aromatic nitrogens is 12. The van der Waals surface area contributed by atoms with E-state index in [2.05, 4.69) is 94.5 Å². The molecule has 23 heteroatoms. The summed E-state index contributed by atoms with van der Waals surface area (Å²) in [4.78, 5) is 70.7. The maximum Gasteiger partial charge on any atom is 0.261 e. The first-order valence-electron chi connectivity index (χ1n) is 23.6. The number of hydrogen-bond acceptors (Lipinski definition) is 18. The molecular weight excluding hydrogens is 977 g/mol. The predicted octanol–water partition coefficient (Wildman–Crippen LogP) is 6.04. The van der Waals surface area contributed by atoms with Crippen LogP contribution in [-0.4, -0.2) is 124 Å². The minimum Gasteiger partial charge on any atom is -0.412 e. The molecule has 2 fully saturated rings. The lowest BCUT2D eigenvalue weighted by Crippen LogP contribution is -2.40. The standard InChI is InChI=1S/2C24H26N8OS2.H2O/c2*1-16-19(22(33)31-10-12-35-24(31)27-16)6-9-30-7-4-17(5-8-30)28-23-29-20-13-25-15-26-21(20)32(23)14-18-3-2-11-34-18;/h2*2-3,10-13,15,17H,4-9,14H2,1H3,(H,28,29);1H2. The number of likely N-dealkylation sites (tertiary alicyclic amines) is 2. The average molecular weight is 1030 g/mol. The average Bonchev–Trinajstić information content (AvgIpc) is 4.25. The molecule has 0 radical (unpaired) electrons. The van der Waals surface area contributed by atoms with Crippen LogP contribution in [0.15, 0.2) is 92.8 Å². The largest absolute Gasteiger partial charge is 0.412 e. The van der Waals surface area contributed by atoms with Gasteiger partial charge in [0.2, 0.25) is 11.9 Å². The predicted molar refractivity (Wildman–Crippen MR) is 283 cm³/mol. The third kappa shape index (κ3) is 10.5. The molecule has 0 unspecified atom stereocenters. The number of thiophene rings is 2. The third-order valence-corrected chi connectivity index (χ3v) is 16.6. The van der Waals surface area contributed by atoms with Crippen LogP contribution in [0.5, 0.6) is 0 Å². The van der Waals surface area contributed by atoms with Crippen LogP contribution in [-0.2, 0) is 25.9 Å². The molecule has 0 aliphatic carbocycles. The second kappa shape index (κ2) is 21.6. The fourth-order valence-electron chi connectivity index (χ4n) is 9.51. The number of nitrogens with zero attached hydrogens (tertiary/aromatic N) is 14. The summed E-state index contributed by atoms with van der Waals surface area (Å²) in [5, 5.41) is 15.4. The molecule has 0 amide bonds. The Bertz CT molecular complexity index is 3260. The van der Waals surface area contributed by atoms with E-state index in [-0.39, 0.29) is 16.6 Å². The van der Waals surface area contributed by atoms with Gasteiger partial charge >= 0.3 is 0 Å². The van der Waals surface area contributed by atoms with Gasteiger partial charge in [0, 0.05) is 107 Å². The van der Waals surface area contributed by atoms with Crippen molar-refractivity contribution in [3.8, 4) is 0 Å². The van der Waals surface area contributed by atoms with Crippen molar-refractivity contribution in [2.45, 2.75) is 77.5 Å². The molecule has 10 aromatic heterocycles. The highest BCUT2D eigenvalue weighted by atomic mass is 32.1. The molecule has 0 bridgehead atoms. The van der Waals surface area contributed by atoms with E-state index in [1.807, 2.05) is 37.0 Å². The molecule has 0 saturated carbocycles. The highest BCUT2D eigenvalue weighted by Crippen LogP contribution is 2.26. The second-order valence-corrected chi connectivity index (χ2v) is 21.6. The topological polar surface area (TPSA) is 218 Å². The fourth-order valence-corrected chi connectivity index (χ4v) is 12.4. The van der Waals surface area contributed by atoms with Crippen molar-refractivity contribution in [1.82, 2.24) is 67.6 Å². The zero-order valence-electron chi connectivity index (χ0n) is 39.3. The lowest BCUT2D eigenvalue weighted by Gasteiger charge is -2.32. The van der Waals surface area contributed by atoms with Gasteiger partial charge in [-0.2, -0.15) is 0 Å². The van der Waals surface area contributed by atoms with E-state index < -0.39 is 0 Å². The first kappa shape index (κ1) is 48.3. The molecule has 0 atom stereocenters. The maximum absolute atomic E-state index is 12.8. The van der Waals surface area contributed by atoms with Crippen molar-refractivity contribution in [2.75, 3.05) is 49.9 Å². The lowest BCUT2D eigenvalue weighted by molar-refractivity contribution is 0.220. The molecule has 2 aliphatic rings. The molecule has 4 N–H and O–H groups in total. The molecule has 0 aromatic carbocycles. The van der Waals surface area contributed by atoms with Crippen LogP contribution in [0.2, 0.25) is 0 Å². The van der Waals surface area contributed by atoms with Gasteiger partial charge in [0.05, 0.1) is 25.5 Å². The smallest absolute Gasteiger partial charge is 0.261 e. The summed E-state index contributed by atoms with van der Waals surface area (Å²) in [6.07, 6.45) is 15.9. The number of anilines is 2. The van der Waals surface area contributed by atoms with E-state index in [1.54, 1.807) is 56.5 Å². The van der Waals surface area contributed by atoms with E-state index in [0.717, 1.165) is 158 Å². The van der Waals surface area contributed by atoms with Gasteiger partial charge in [-0.1, -0.05) is 12.1 Å². The van der Waals surface area contributed by atoms with Crippen LogP contribution in [0.4, 0.5) is 11.9 Å². The van der Waals surface area contributed by atoms with Gasteiger partial charge in [-0.25, -0.2) is 39.9 Å². The van der Waals surface area contributed by atoms with E-state index in [0.29, 0.717) is 12.1 Å². The van der Waals surface area contributed by atoms with Crippen molar-refractivity contribution >= 4 is 89.5 Å². The van der Waals surface area contributed by atoms with E-state index >= 15 is 0 Å². The molecular formula is C48H54N16O3S4. The normalized spacial score (nSPS) is 15.1. The summed E-state index contributed by atoms with van der Waals surface area (Å²) in [7, 11) is 0. The van der Waals surface area contributed by atoms with E-state index in [4.69, 9.17) is 9.97 Å². The molecule has 71 heavy (non-hydrogen) atoms. The van der Waals surface area contributed by atoms with Crippen LogP contribution in [0, 0.1) is 13.8 Å². The molecule has 2 saturated heterocycles. The minimum absolute atomic E-state index is 0. The first-order chi connectivity index (χ1) is 34.3. The molecule has 12 heterocycles. The zero-order valence-corrected chi connectivity index (χ0v) is 42.6. The Morgan fingerprint density at radius 2 is 1.03 bits per heavy atom. The van der Waals surface area contributed by atoms with Gasteiger partial charge in [-0.15, -0.1) is 45.3 Å². The highest BCUT2D eigenvalue weighted by molar-refractivity contribution is 7.15. The van der Waals surface area contributed by atoms with Crippen molar-refractivity contribution < 1.29 is 5.48 Å². The molecule has 12 rings (SSSR count). The minimum atomic E-state index is 0. The van der Waals surface area contributed by atoms with Crippen LogP contribution in [0.25, 0.3) is 32.2 Å². The summed E-state index contributed by atoms with van der Waals surface area (Å²) in [6, 6.07) is 9.10. The Hall–Kier alpha value is -6.34. The number of rotatable bonds is 14. The van der Waals surface area contributed by atoms with Crippen molar-refractivity contribution in [3.05, 3.63) is 136 Å². The summed E-state index contributed by atoms with van der Waals surface area (Å²) in [5.41, 5.74) is 6.80. The highest BCUT2D eigenvalue weighted by Gasteiger charge is 2.25. The monoisotopic (exact) mass is 1030 g/mol. The maximum atomic E-state index is 12.8. The molecule has 368 valence electrons. The number of thiazole rings is 2. The third-order valence-electron chi connectivity index (χ3n) is 13.3. The zero-order chi connectivity index (χ0) is 47.6. The van der Waals surface area contributed by atoms with Crippen LogP contribution in [0.3, 0.4) is 0 Å². The van der Waals surface area contributed by atoms with Gasteiger partial charge in [-0.05, 0) is 75.3 Å². The Kier molecular flexibility index (Phi) is 14.7. The van der Waals surface area contributed by atoms with Crippen LogP contribution < -0.4 is 21.8 Å². The van der Waals surface area contributed by atoms with Crippen LogP contribution >= 0.6 is 45.3 Å². The van der Waals surface area contributed by atoms with Gasteiger partial charge in [0.1, 0.15) is 23.7 Å². The Morgan fingerprint density at radius 3 is 1.44 bits per heavy atom. The number of imidazole rings is 2. The summed E-state index contributed by atoms with van der Waals surface area (Å²) >= 11 is 6.46. The molecule has 19 nitrogen and oxygen atoms in total. The number of hydrogen-bond donors (Lipinski definition) is 2. The van der Waals surface area contributed by atoms with Crippen molar-refractivity contribution in [2.24, 2.45) is 0 Å². The van der Waals surface area contributed by atoms with Crippen LogP contribution in [0.1, 0.15) is 58.0 Å². The summed E-state index contributed by atoms with van der Waals surface area (Å²) in [6.45, 7) is 11.0. The molecule has 0 spiro atoms. The fraction of sp³-hybridized carbons (Fsp3) is 0.375. The SMILES string of the molecule is Cc1nc2sccn2c(=O)c1CCN1CCC(Nc2nc3cncnc3n2Cc2cccs2)CC1.Cc1nc2sccn2c(=O)c1CCN1CCC(Nc2nc3cncnc3n2Cc2cccs2)CC1.O. The summed E-state index contributed by atoms with van der Waals surface area (Å²) < 4.78 is 7.63. The Morgan fingerprint density at radius 1 is 0.592 bits per heavy atom. The Labute approximate surface area is 423 Å². The van der Waals surface area contributed by atoms with Gasteiger partial charge in [0.15, 0.2) is 21.2 Å². The lowest BCUT2D eigenvalue weighted by atomic mass is 10.0. The van der Waals surface area contributed by atoms with E-state index in [1.165, 1.54) is 32.4 Å².